The maximum Gasteiger partial charge on any atom is 0.414 e. The first-order valence-electron chi connectivity index (χ1n) is 14.2. The van der Waals surface area contributed by atoms with Gasteiger partial charge in [0.1, 0.15) is 6.61 Å². The molecule has 2 aliphatic rings. The summed E-state index contributed by atoms with van der Waals surface area (Å²) in [5.41, 5.74) is 1.64. The molecule has 3 amide bonds. The van der Waals surface area contributed by atoms with E-state index in [9.17, 15) is 24.6 Å². The Morgan fingerprint density at radius 2 is 1.86 bits per heavy atom. The zero-order chi connectivity index (χ0) is 30.6. The van der Waals surface area contributed by atoms with Crippen molar-refractivity contribution in [2.45, 2.75) is 32.0 Å². The zero-order valence-electron chi connectivity index (χ0n) is 23.9. The molecule has 2 N–H and O–H groups in total. The van der Waals surface area contributed by atoms with Crippen molar-refractivity contribution in [3.05, 3.63) is 106 Å². The van der Waals surface area contributed by atoms with E-state index in [4.69, 9.17) is 4.74 Å². The number of cyclic esters (lactones) is 1. The predicted octanol–water partition coefficient (Wildman–Crippen LogP) is 4.74. The molecule has 10 heteroatoms. The van der Waals surface area contributed by atoms with Crippen LogP contribution in [0.5, 0.6) is 0 Å². The Morgan fingerprint density at radius 3 is 2.58 bits per heavy atom. The largest absolute Gasteiger partial charge is 0.447 e. The van der Waals surface area contributed by atoms with E-state index in [1.807, 2.05) is 60.7 Å². The molecular weight excluding hydrogens is 614 g/mol. The van der Waals surface area contributed by atoms with E-state index in [0.717, 1.165) is 15.6 Å². The molecule has 43 heavy (non-hydrogen) atoms. The second kappa shape index (κ2) is 13.1. The van der Waals surface area contributed by atoms with Crippen LogP contribution in [0, 0.1) is 5.92 Å². The van der Waals surface area contributed by atoms with Gasteiger partial charge in [0.05, 0.1) is 25.4 Å². The van der Waals surface area contributed by atoms with Crippen LogP contribution in [0.4, 0.5) is 16.2 Å². The minimum absolute atomic E-state index is 0.0578. The highest BCUT2D eigenvalue weighted by atomic mass is 79.9. The third-order valence-electron chi connectivity index (χ3n) is 7.87. The minimum atomic E-state index is -1.86. The summed E-state index contributed by atoms with van der Waals surface area (Å²) in [6.45, 7) is 3.15. The fourth-order valence-corrected chi connectivity index (χ4v) is 5.93. The second-order valence-corrected chi connectivity index (χ2v) is 11.6. The molecule has 2 aliphatic heterocycles. The quantitative estimate of drug-likeness (QED) is 0.291. The molecule has 2 heterocycles. The molecule has 3 aromatic carbocycles. The highest BCUT2D eigenvalue weighted by molar-refractivity contribution is 9.10. The van der Waals surface area contributed by atoms with Gasteiger partial charge in [-0.2, -0.15) is 0 Å². The number of hydrogen-bond acceptors (Lipinski definition) is 6. The Bertz CT molecular complexity index is 1530. The number of hydrogen-bond donors (Lipinski definition) is 2. The lowest BCUT2D eigenvalue weighted by Crippen LogP contribution is -2.44. The normalized spacial score (nSPS) is 18.7. The number of carbonyl (C=O) groups excluding carboxylic acids is 3. The van der Waals surface area contributed by atoms with E-state index in [-0.39, 0.29) is 32.0 Å². The lowest BCUT2D eigenvalue weighted by molar-refractivity contribution is -0.139. The van der Waals surface area contributed by atoms with Crippen molar-refractivity contribution in [1.29, 1.82) is 0 Å². The van der Waals surface area contributed by atoms with Crippen LogP contribution < -0.4 is 9.80 Å². The van der Waals surface area contributed by atoms with Gasteiger partial charge in [-0.15, -0.1) is 0 Å². The number of anilines is 2. The average molecular weight is 649 g/mol. The summed E-state index contributed by atoms with van der Waals surface area (Å²) in [7, 11) is 0. The van der Waals surface area contributed by atoms with E-state index in [2.05, 4.69) is 15.9 Å². The molecule has 0 aliphatic carbocycles. The van der Waals surface area contributed by atoms with Crippen LogP contribution in [0.1, 0.15) is 30.0 Å². The Morgan fingerprint density at radius 1 is 1.09 bits per heavy atom. The maximum atomic E-state index is 14.0. The van der Waals surface area contributed by atoms with Crippen molar-refractivity contribution in [3.8, 4) is 0 Å². The zero-order valence-corrected chi connectivity index (χ0v) is 25.4. The summed E-state index contributed by atoms with van der Waals surface area (Å²) in [5.74, 6) is -1.30. The molecular formula is C33H34BrN3O6. The minimum Gasteiger partial charge on any atom is -0.447 e. The number of halogens is 1. The molecule has 0 bridgehead atoms. The number of carbonyl (C=O) groups is 3. The van der Waals surface area contributed by atoms with Crippen LogP contribution in [0.3, 0.4) is 0 Å². The average Bonchev–Trinajstić information content (AvgIpc) is 3.53. The van der Waals surface area contributed by atoms with Gasteiger partial charge in [0, 0.05) is 41.2 Å². The SMILES string of the molecule is C[C@@H](/C=C/CC(=O)N(CCO)Cc1ccccc1)[C@]1(O)C(=O)N(Cc2cccc(N3CCOC3=O)c2)c2ccc(Br)cc21. The summed E-state index contributed by atoms with van der Waals surface area (Å²) in [5, 5.41) is 21.5. The first kappa shape index (κ1) is 30.5. The Kier molecular flexibility index (Phi) is 9.29. The molecule has 0 radical (unpaired) electrons. The second-order valence-electron chi connectivity index (χ2n) is 10.7. The summed E-state index contributed by atoms with van der Waals surface area (Å²) < 4.78 is 5.79. The third kappa shape index (κ3) is 6.36. The van der Waals surface area contributed by atoms with Crippen LogP contribution in [-0.4, -0.2) is 59.3 Å². The molecule has 3 aromatic rings. The highest BCUT2D eigenvalue weighted by Gasteiger charge is 2.52. The molecule has 0 unspecified atom stereocenters. The van der Waals surface area contributed by atoms with Crippen LogP contribution in [0.15, 0.2) is 89.4 Å². The summed E-state index contributed by atoms with van der Waals surface area (Å²) in [6, 6.07) is 22.3. The van der Waals surface area contributed by atoms with E-state index in [1.165, 1.54) is 0 Å². The lowest BCUT2D eigenvalue weighted by atomic mass is 9.83. The number of aliphatic hydroxyl groups excluding tert-OH is 1. The van der Waals surface area contributed by atoms with Gasteiger partial charge in [-0.1, -0.05) is 77.5 Å². The summed E-state index contributed by atoms with van der Waals surface area (Å²) >= 11 is 3.48. The predicted molar refractivity (Wildman–Crippen MR) is 166 cm³/mol. The van der Waals surface area contributed by atoms with Gasteiger partial charge >= 0.3 is 6.09 Å². The maximum absolute atomic E-state index is 14.0. The number of rotatable bonds is 11. The van der Waals surface area contributed by atoms with Gasteiger partial charge in [-0.3, -0.25) is 14.5 Å². The lowest BCUT2D eigenvalue weighted by Gasteiger charge is -2.28. The summed E-state index contributed by atoms with van der Waals surface area (Å²) in [6.07, 6.45) is 3.02. The van der Waals surface area contributed by atoms with Crippen molar-refractivity contribution in [1.82, 2.24) is 4.90 Å². The van der Waals surface area contributed by atoms with Crippen molar-refractivity contribution < 1.29 is 29.3 Å². The van der Waals surface area contributed by atoms with Crippen molar-refractivity contribution in [2.24, 2.45) is 5.92 Å². The monoisotopic (exact) mass is 647 g/mol. The molecule has 0 aromatic heterocycles. The van der Waals surface area contributed by atoms with Crippen LogP contribution in [0.2, 0.25) is 0 Å². The van der Waals surface area contributed by atoms with Crippen molar-refractivity contribution in [3.63, 3.8) is 0 Å². The van der Waals surface area contributed by atoms with E-state index >= 15 is 0 Å². The van der Waals surface area contributed by atoms with Gasteiger partial charge in [-0.05, 0) is 41.5 Å². The van der Waals surface area contributed by atoms with Gasteiger partial charge in [0.15, 0.2) is 5.60 Å². The molecule has 9 nitrogen and oxygen atoms in total. The number of fused-ring (bicyclic) bond motifs is 1. The van der Waals surface area contributed by atoms with Gasteiger partial charge in [-0.25, -0.2) is 4.79 Å². The van der Waals surface area contributed by atoms with E-state index in [1.54, 1.807) is 45.9 Å². The van der Waals surface area contributed by atoms with Crippen LogP contribution >= 0.6 is 15.9 Å². The molecule has 2 atom stereocenters. The number of nitrogens with zero attached hydrogens (tertiary/aromatic N) is 3. The Balaban J connectivity index is 1.34. The highest BCUT2D eigenvalue weighted by Crippen LogP contribution is 2.46. The van der Waals surface area contributed by atoms with Crippen molar-refractivity contribution in [2.75, 3.05) is 36.1 Å². The van der Waals surface area contributed by atoms with Crippen LogP contribution in [-0.2, 0) is 33.0 Å². The molecule has 5 rings (SSSR count). The van der Waals surface area contributed by atoms with Crippen molar-refractivity contribution >= 4 is 45.2 Å². The number of aliphatic hydroxyl groups is 2. The fraction of sp³-hybridized carbons (Fsp3) is 0.303. The number of benzene rings is 3. The first-order valence-corrected chi connectivity index (χ1v) is 15.0. The number of ether oxygens (including phenoxy) is 1. The fourth-order valence-electron chi connectivity index (χ4n) is 5.57. The molecule has 1 saturated heterocycles. The van der Waals surface area contributed by atoms with Gasteiger partial charge < -0.3 is 24.7 Å². The topological polar surface area (TPSA) is 111 Å². The summed E-state index contributed by atoms with van der Waals surface area (Å²) in [4.78, 5) is 43.8. The molecule has 224 valence electrons. The molecule has 0 spiro atoms. The van der Waals surface area contributed by atoms with E-state index < -0.39 is 23.5 Å². The smallest absolute Gasteiger partial charge is 0.414 e. The Hall–Kier alpha value is -3.99. The van der Waals surface area contributed by atoms with E-state index in [0.29, 0.717) is 36.6 Å². The first-order chi connectivity index (χ1) is 20.7. The molecule has 1 fully saturated rings. The third-order valence-corrected chi connectivity index (χ3v) is 8.36. The Labute approximate surface area is 259 Å². The van der Waals surface area contributed by atoms with Gasteiger partial charge in [0.25, 0.3) is 5.91 Å². The van der Waals surface area contributed by atoms with Crippen LogP contribution in [0.25, 0.3) is 0 Å². The number of amides is 3. The van der Waals surface area contributed by atoms with Gasteiger partial charge in [0.2, 0.25) is 5.91 Å². The standard InChI is InChI=1S/C33H34BrN3O6/c1-23(7-5-12-30(39)35(15-17-38)21-24-8-3-2-4-9-24)33(42)28-20-26(34)13-14-29(28)37(31(33)40)22-25-10-6-11-27(19-25)36-16-18-43-32(36)41/h2-11,13-14,19-20,23,38,42H,12,15-18,21-22H2,1H3/b7-5+/t23-,33+/m0/s1. The molecule has 0 saturated carbocycles.